The number of nitrogens with one attached hydrogen (secondary N) is 3. The highest BCUT2D eigenvalue weighted by atomic mass is 32.2. The van der Waals surface area contributed by atoms with Gasteiger partial charge in [0.25, 0.3) is 11.8 Å². The predicted molar refractivity (Wildman–Crippen MR) is 190 cm³/mol. The molecule has 4 amide bonds. The molecule has 0 saturated carbocycles. The number of aromatic nitrogens is 1. The van der Waals surface area contributed by atoms with E-state index < -0.39 is 23.0 Å². The van der Waals surface area contributed by atoms with Crippen LogP contribution in [0, 0.1) is 0 Å². The van der Waals surface area contributed by atoms with Crippen molar-refractivity contribution in [2.75, 3.05) is 24.3 Å². The summed E-state index contributed by atoms with van der Waals surface area (Å²) in [5.41, 5.74) is 2.64. The third kappa shape index (κ3) is 8.80. The Morgan fingerprint density at radius 3 is 2.53 bits per heavy atom. The second kappa shape index (κ2) is 16.2. The summed E-state index contributed by atoms with van der Waals surface area (Å²) in [6.07, 6.45) is 5.71. The first-order valence-electron chi connectivity index (χ1n) is 15.5. The number of anilines is 2. The third-order valence-electron chi connectivity index (χ3n) is 7.69. The van der Waals surface area contributed by atoms with Gasteiger partial charge < -0.3 is 25.6 Å². The molecule has 49 heavy (non-hydrogen) atoms. The molecule has 0 fully saturated rings. The number of pyridine rings is 1. The molecule has 3 N–H and O–H groups in total. The van der Waals surface area contributed by atoms with Gasteiger partial charge in [0.15, 0.2) is 0 Å². The fraction of sp³-hybridized carbons (Fsp3) is 0.222. The number of ether oxygens (including phenoxy) is 1. The van der Waals surface area contributed by atoms with Crippen LogP contribution in [0.4, 0.5) is 10.7 Å². The fourth-order valence-corrected chi connectivity index (χ4v) is 7.44. The lowest BCUT2D eigenvalue weighted by molar-refractivity contribution is -0.129. The van der Waals surface area contributed by atoms with E-state index in [9.17, 15) is 24.0 Å². The van der Waals surface area contributed by atoms with E-state index in [1.807, 2.05) is 13.0 Å². The topological polar surface area (TPSA) is 147 Å². The Hall–Kier alpha value is -5.27. The van der Waals surface area contributed by atoms with Crippen LogP contribution in [0.5, 0.6) is 0 Å². The maximum atomic E-state index is 13.6. The standard InChI is InChI=1S/C36H35N5O6S2/c1-4-29(34(45)40-35-31(36(46)47-3)27-15-17-41(22(2)42)21-30(27)49-35)48-26-14-8-13-25(19-26)38-33(44)28(18-23-10-9-16-37-20-23)39-32(43)24-11-6-5-7-12-24/h5-14,16,18-20,29H,4,15,17,21H2,1-3H3,(H,38,44)(H,39,43)(H,40,45)/b28-18-. The van der Waals surface area contributed by atoms with Gasteiger partial charge in [-0.1, -0.05) is 37.3 Å². The van der Waals surface area contributed by atoms with E-state index in [1.54, 1.807) is 84.0 Å². The minimum atomic E-state index is -0.541. The quantitative estimate of drug-likeness (QED) is 0.102. The van der Waals surface area contributed by atoms with Gasteiger partial charge in [0.2, 0.25) is 11.8 Å². The number of nitrogens with zero attached hydrogens (tertiary/aromatic N) is 2. The lowest BCUT2D eigenvalue weighted by Crippen LogP contribution is -2.34. The largest absolute Gasteiger partial charge is 0.465 e. The van der Waals surface area contributed by atoms with Crippen molar-refractivity contribution in [3.8, 4) is 0 Å². The zero-order chi connectivity index (χ0) is 34.9. The molecule has 2 aromatic carbocycles. The van der Waals surface area contributed by atoms with Crippen LogP contribution in [0.1, 0.15) is 57.0 Å². The SMILES string of the molecule is CCC(Sc1cccc(NC(=O)/C(=C/c2cccnc2)NC(=O)c2ccccc2)c1)C(=O)Nc1sc2c(c1C(=O)OC)CCN(C(C)=O)C2. The summed E-state index contributed by atoms with van der Waals surface area (Å²) in [4.78, 5) is 72.1. The smallest absolute Gasteiger partial charge is 0.341 e. The van der Waals surface area contributed by atoms with Crippen molar-refractivity contribution < 1.29 is 28.7 Å². The van der Waals surface area contributed by atoms with Crippen LogP contribution in [0.2, 0.25) is 0 Å². The molecule has 0 saturated heterocycles. The van der Waals surface area contributed by atoms with E-state index in [0.29, 0.717) is 53.3 Å². The molecule has 1 atom stereocenters. The third-order valence-corrected chi connectivity index (χ3v) is 10.2. The molecule has 0 bridgehead atoms. The molecule has 2 aromatic heterocycles. The molecule has 4 aromatic rings. The number of carbonyl (C=O) groups is 5. The average Bonchev–Trinajstić information content (AvgIpc) is 3.47. The summed E-state index contributed by atoms with van der Waals surface area (Å²) < 4.78 is 5.04. The maximum absolute atomic E-state index is 13.6. The Balaban J connectivity index is 1.31. The molecule has 1 unspecified atom stereocenters. The molecule has 1 aliphatic heterocycles. The van der Waals surface area contributed by atoms with Crippen molar-refractivity contribution in [3.63, 3.8) is 0 Å². The van der Waals surface area contributed by atoms with Gasteiger partial charge in [0.1, 0.15) is 10.7 Å². The highest BCUT2D eigenvalue weighted by Gasteiger charge is 2.31. The Labute approximate surface area is 292 Å². The number of carbonyl (C=O) groups excluding carboxylic acids is 5. The number of hydrogen-bond acceptors (Lipinski definition) is 9. The van der Waals surface area contributed by atoms with Crippen molar-refractivity contribution in [2.24, 2.45) is 0 Å². The first kappa shape index (κ1) is 35.0. The molecule has 13 heteroatoms. The monoisotopic (exact) mass is 697 g/mol. The number of rotatable bonds is 11. The molecule has 5 rings (SSSR count). The zero-order valence-corrected chi connectivity index (χ0v) is 28.8. The minimum Gasteiger partial charge on any atom is -0.465 e. The van der Waals surface area contributed by atoms with Gasteiger partial charge in [-0.15, -0.1) is 23.1 Å². The molecule has 1 aliphatic rings. The van der Waals surface area contributed by atoms with Crippen LogP contribution >= 0.6 is 23.1 Å². The number of amides is 4. The van der Waals surface area contributed by atoms with Crippen molar-refractivity contribution in [1.82, 2.24) is 15.2 Å². The van der Waals surface area contributed by atoms with E-state index in [2.05, 4.69) is 20.9 Å². The minimum absolute atomic E-state index is 0.0252. The van der Waals surface area contributed by atoms with E-state index in [4.69, 9.17) is 4.74 Å². The normalized spacial score (nSPS) is 13.1. The molecule has 3 heterocycles. The first-order valence-corrected chi connectivity index (χ1v) is 17.2. The number of methoxy groups -OCH3 is 1. The van der Waals surface area contributed by atoms with E-state index in [1.165, 1.54) is 37.1 Å². The Morgan fingerprint density at radius 2 is 1.84 bits per heavy atom. The highest BCUT2D eigenvalue weighted by molar-refractivity contribution is 8.00. The first-order chi connectivity index (χ1) is 23.7. The summed E-state index contributed by atoms with van der Waals surface area (Å²) in [6.45, 7) is 4.25. The second-order valence-electron chi connectivity index (χ2n) is 11.0. The number of benzene rings is 2. The number of thiophene rings is 1. The molecule has 0 spiro atoms. The van der Waals surface area contributed by atoms with Crippen molar-refractivity contribution >= 4 is 69.5 Å². The predicted octanol–water partition coefficient (Wildman–Crippen LogP) is 5.75. The van der Waals surface area contributed by atoms with E-state index >= 15 is 0 Å². The molecular formula is C36H35N5O6S2. The van der Waals surface area contributed by atoms with Crippen LogP contribution in [0.15, 0.2) is 89.7 Å². The number of fused-ring (bicyclic) bond motifs is 1. The van der Waals surface area contributed by atoms with Crippen LogP contribution < -0.4 is 16.0 Å². The Bertz CT molecular complexity index is 1890. The van der Waals surface area contributed by atoms with Crippen LogP contribution in [-0.2, 0) is 32.1 Å². The van der Waals surface area contributed by atoms with Crippen molar-refractivity contribution in [3.05, 3.63) is 112 Å². The lowest BCUT2D eigenvalue weighted by atomic mass is 10.0. The van der Waals surface area contributed by atoms with Gasteiger partial charge in [0.05, 0.1) is 24.5 Å². The average molecular weight is 698 g/mol. The fourth-order valence-electron chi connectivity index (χ4n) is 5.17. The molecule has 0 radical (unpaired) electrons. The van der Waals surface area contributed by atoms with Gasteiger partial charge >= 0.3 is 5.97 Å². The van der Waals surface area contributed by atoms with Crippen LogP contribution in [0.3, 0.4) is 0 Å². The number of esters is 1. The van der Waals surface area contributed by atoms with Gasteiger partial charge in [-0.25, -0.2) is 4.79 Å². The lowest BCUT2D eigenvalue weighted by Gasteiger charge is -2.25. The number of hydrogen-bond donors (Lipinski definition) is 3. The second-order valence-corrected chi connectivity index (χ2v) is 13.4. The van der Waals surface area contributed by atoms with Crippen LogP contribution in [0.25, 0.3) is 6.08 Å². The maximum Gasteiger partial charge on any atom is 0.341 e. The van der Waals surface area contributed by atoms with Gasteiger partial charge in [0, 0.05) is 46.9 Å². The highest BCUT2D eigenvalue weighted by Crippen LogP contribution is 2.38. The number of thioether (sulfide) groups is 1. The van der Waals surface area contributed by atoms with Gasteiger partial charge in [-0.05, 0) is 66.4 Å². The summed E-state index contributed by atoms with van der Waals surface area (Å²) >= 11 is 2.60. The van der Waals surface area contributed by atoms with Crippen molar-refractivity contribution in [1.29, 1.82) is 0 Å². The van der Waals surface area contributed by atoms with Gasteiger partial charge in [-0.3, -0.25) is 24.2 Å². The molecule has 0 aliphatic carbocycles. The molecule has 252 valence electrons. The van der Waals surface area contributed by atoms with Crippen molar-refractivity contribution in [2.45, 2.75) is 43.4 Å². The Morgan fingerprint density at radius 1 is 1.04 bits per heavy atom. The molecule has 11 nitrogen and oxygen atoms in total. The van der Waals surface area contributed by atoms with Gasteiger partial charge in [-0.2, -0.15) is 0 Å². The summed E-state index contributed by atoms with van der Waals surface area (Å²) in [5, 5.41) is 8.38. The van der Waals surface area contributed by atoms with E-state index in [-0.39, 0.29) is 17.5 Å². The zero-order valence-electron chi connectivity index (χ0n) is 27.1. The summed E-state index contributed by atoms with van der Waals surface area (Å²) in [7, 11) is 1.30. The molecular weight excluding hydrogens is 663 g/mol. The van der Waals surface area contributed by atoms with Crippen LogP contribution in [-0.4, -0.2) is 58.4 Å². The summed E-state index contributed by atoms with van der Waals surface area (Å²) in [5.74, 6) is -1.86. The summed E-state index contributed by atoms with van der Waals surface area (Å²) in [6, 6.07) is 19.1. The Kier molecular flexibility index (Phi) is 11.6. The van der Waals surface area contributed by atoms with E-state index in [0.717, 1.165) is 15.3 Å².